The Hall–Kier alpha value is -2.98. The second-order valence-electron chi connectivity index (χ2n) is 5.26. The minimum Gasteiger partial charge on any atom is -0.373 e. The molecular weight excluding hydrogens is 336 g/mol. The van der Waals surface area contributed by atoms with Crippen molar-refractivity contribution < 1.29 is 9.59 Å². The lowest BCUT2D eigenvalue weighted by atomic mass is 10.2. The highest BCUT2D eigenvalue weighted by molar-refractivity contribution is 8.00. The number of primary amides is 1. The average molecular weight is 354 g/mol. The lowest BCUT2D eigenvalue weighted by molar-refractivity contribution is -0.117. The van der Waals surface area contributed by atoms with Gasteiger partial charge in [-0.3, -0.25) is 9.59 Å². The monoisotopic (exact) mass is 354 g/mol. The highest BCUT2D eigenvalue weighted by Gasteiger charge is 2.16. The molecule has 1 atom stereocenters. The van der Waals surface area contributed by atoms with Crippen molar-refractivity contribution in [1.82, 2.24) is 0 Å². The van der Waals surface area contributed by atoms with Crippen LogP contribution in [-0.2, 0) is 9.59 Å². The Labute approximate surface area is 150 Å². The molecule has 7 heteroatoms. The van der Waals surface area contributed by atoms with E-state index in [0.29, 0.717) is 11.3 Å². The molecule has 128 valence electrons. The van der Waals surface area contributed by atoms with E-state index in [-0.39, 0.29) is 11.7 Å². The summed E-state index contributed by atoms with van der Waals surface area (Å²) in [6.07, 6.45) is 0. The summed E-state index contributed by atoms with van der Waals surface area (Å²) in [5.41, 5.74) is 6.80. The van der Waals surface area contributed by atoms with Crippen molar-refractivity contribution in [2.45, 2.75) is 17.9 Å². The van der Waals surface area contributed by atoms with Crippen molar-refractivity contribution in [3.63, 3.8) is 0 Å². The van der Waals surface area contributed by atoms with Gasteiger partial charge in [0.2, 0.25) is 11.8 Å². The first-order valence-corrected chi connectivity index (χ1v) is 8.56. The molecular formula is C18H18N4O2S. The minimum atomic E-state index is -0.540. The number of para-hydroxylation sites is 2. The number of amides is 2. The maximum atomic E-state index is 12.4. The fourth-order valence-corrected chi connectivity index (χ4v) is 2.85. The molecule has 2 aromatic rings. The van der Waals surface area contributed by atoms with Crippen LogP contribution in [0.1, 0.15) is 12.5 Å². The Morgan fingerprint density at radius 3 is 2.48 bits per heavy atom. The molecule has 0 heterocycles. The van der Waals surface area contributed by atoms with E-state index >= 15 is 0 Å². The molecule has 0 aliphatic carbocycles. The summed E-state index contributed by atoms with van der Waals surface area (Å²) < 4.78 is 0. The van der Waals surface area contributed by atoms with E-state index in [1.807, 2.05) is 30.3 Å². The van der Waals surface area contributed by atoms with Gasteiger partial charge in [-0.1, -0.05) is 24.3 Å². The van der Waals surface area contributed by atoms with E-state index in [4.69, 9.17) is 11.0 Å². The Bertz CT molecular complexity index is 817. The third-order valence-electron chi connectivity index (χ3n) is 3.33. The van der Waals surface area contributed by atoms with E-state index in [1.54, 1.807) is 31.2 Å². The van der Waals surface area contributed by atoms with Crippen LogP contribution >= 0.6 is 11.8 Å². The first kappa shape index (κ1) is 18.4. The Morgan fingerprint density at radius 2 is 1.80 bits per heavy atom. The van der Waals surface area contributed by atoms with Gasteiger partial charge in [-0.15, -0.1) is 11.8 Å². The molecule has 0 aliphatic rings. The summed E-state index contributed by atoms with van der Waals surface area (Å²) >= 11 is 1.31. The van der Waals surface area contributed by atoms with Crippen LogP contribution in [0.5, 0.6) is 0 Å². The third-order valence-corrected chi connectivity index (χ3v) is 4.42. The van der Waals surface area contributed by atoms with Crippen LogP contribution in [0.2, 0.25) is 0 Å². The topological polar surface area (TPSA) is 108 Å². The van der Waals surface area contributed by atoms with Crippen LogP contribution < -0.4 is 16.4 Å². The molecule has 0 saturated carbocycles. The number of carbonyl (C=O) groups excluding carboxylic acids is 2. The summed E-state index contributed by atoms with van der Waals surface area (Å²) in [5.74, 6) is -0.509. The van der Waals surface area contributed by atoms with Gasteiger partial charge in [0.15, 0.2) is 0 Å². The molecule has 0 aliphatic heterocycles. The molecule has 6 nitrogen and oxygen atoms in total. The molecule has 0 fully saturated rings. The molecule has 2 rings (SSSR count). The van der Waals surface area contributed by atoms with Gasteiger partial charge in [0.05, 0.1) is 17.0 Å². The first-order chi connectivity index (χ1) is 12.0. The van der Waals surface area contributed by atoms with E-state index in [0.717, 1.165) is 10.6 Å². The fourth-order valence-electron chi connectivity index (χ4n) is 2.09. The molecule has 0 radical (unpaired) electrons. The van der Waals surface area contributed by atoms with Gasteiger partial charge < -0.3 is 16.4 Å². The molecule has 2 amide bonds. The summed E-state index contributed by atoms with van der Waals surface area (Å²) in [6.45, 7) is 1.72. The van der Waals surface area contributed by atoms with Gasteiger partial charge in [-0.05, 0) is 31.2 Å². The second-order valence-corrected chi connectivity index (χ2v) is 6.28. The maximum absolute atomic E-state index is 12.4. The van der Waals surface area contributed by atoms with Gasteiger partial charge in [-0.2, -0.15) is 5.26 Å². The van der Waals surface area contributed by atoms with Crippen molar-refractivity contribution in [2.75, 3.05) is 16.4 Å². The van der Waals surface area contributed by atoms with Crippen LogP contribution in [0.4, 0.5) is 11.4 Å². The lowest BCUT2D eigenvalue weighted by Gasteiger charge is -2.18. The maximum Gasteiger partial charge on any atom is 0.246 e. The summed E-state index contributed by atoms with van der Waals surface area (Å²) in [5, 5.41) is 15.0. The molecule has 25 heavy (non-hydrogen) atoms. The largest absolute Gasteiger partial charge is 0.373 e. The molecule has 0 aromatic heterocycles. The summed E-state index contributed by atoms with van der Waals surface area (Å²) in [6, 6.07) is 15.7. The van der Waals surface area contributed by atoms with Crippen molar-refractivity contribution in [1.29, 1.82) is 5.26 Å². The van der Waals surface area contributed by atoms with Gasteiger partial charge in [0, 0.05) is 10.6 Å². The number of rotatable bonds is 7. The number of nitrogens with two attached hydrogens (primary N) is 1. The van der Waals surface area contributed by atoms with Crippen molar-refractivity contribution in [2.24, 2.45) is 5.73 Å². The Kier molecular flexibility index (Phi) is 6.43. The van der Waals surface area contributed by atoms with E-state index in [9.17, 15) is 9.59 Å². The van der Waals surface area contributed by atoms with Gasteiger partial charge in [0.1, 0.15) is 12.1 Å². The number of benzene rings is 2. The molecule has 0 spiro atoms. The summed E-state index contributed by atoms with van der Waals surface area (Å²) in [4.78, 5) is 24.2. The van der Waals surface area contributed by atoms with E-state index in [2.05, 4.69) is 10.6 Å². The minimum absolute atomic E-state index is 0.162. The van der Waals surface area contributed by atoms with Crippen molar-refractivity contribution in [3.05, 3.63) is 54.1 Å². The number of carbonyl (C=O) groups is 2. The zero-order valence-corrected chi connectivity index (χ0v) is 14.5. The number of nitriles is 1. The van der Waals surface area contributed by atoms with E-state index < -0.39 is 11.9 Å². The number of thioether (sulfide) groups is 1. The highest BCUT2D eigenvalue weighted by Crippen LogP contribution is 2.27. The highest BCUT2D eigenvalue weighted by atomic mass is 32.2. The second kappa shape index (κ2) is 8.76. The Morgan fingerprint density at radius 1 is 1.16 bits per heavy atom. The lowest BCUT2D eigenvalue weighted by Crippen LogP contribution is -2.32. The quantitative estimate of drug-likeness (QED) is 0.662. The van der Waals surface area contributed by atoms with E-state index in [1.165, 1.54) is 11.8 Å². The summed E-state index contributed by atoms with van der Waals surface area (Å²) in [7, 11) is 0. The Balaban J connectivity index is 2.06. The third kappa shape index (κ3) is 5.26. The van der Waals surface area contributed by atoms with Crippen LogP contribution in [0, 0.1) is 11.3 Å². The zero-order valence-electron chi connectivity index (χ0n) is 13.7. The number of nitrogens with zero attached hydrogens (tertiary/aromatic N) is 1. The number of hydrogen-bond acceptors (Lipinski definition) is 5. The van der Waals surface area contributed by atoms with Gasteiger partial charge in [0.25, 0.3) is 0 Å². The predicted molar refractivity (Wildman–Crippen MR) is 99.2 cm³/mol. The predicted octanol–water partition coefficient (Wildman–Crippen LogP) is 2.57. The van der Waals surface area contributed by atoms with Crippen molar-refractivity contribution >= 4 is 35.0 Å². The van der Waals surface area contributed by atoms with Crippen molar-refractivity contribution in [3.8, 4) is 6.07 Å². The van der Waals surface area contributed by atoms with Crippen LogP contribution in [0.15, 0.2) is 53.4 Å². The standard InChI is InChI=1S/C18H18N4O2S/c1-12(18(24)22-14-7-3-2-6-13(14)10-19)21-15-8-4-5-9-16(15)25-11-17(20)23/h2-9,12,21H,11H2,1H3,(H2,20,23)(H,22,24)/t12-/m1/s1. The smallest absolute Gasteiger partial charge is 0.246 e. The number of nitrogens with one attached hydrogen (secondary N) is 2. The molecule has 0 saturated heterocycles. The van der Waals surface area contributed by atoms with Crippen LogP contribution in [-0.4, -0.2) is 23.6 Å². The molecule has 0 unspecified atom stereocenters. The zero-order chi connectivity index (χ0) is 18.2. The SMILES string of the molecule is C[C@@H](Nc1ccccc1SCC(N)=O)C(=O)Nc1ccccc1C#N. The first-order valence-electron chi connectivity index (χ1n) is 7.58. The molecule has 0 bridgehead atoms. The average Bonchev–Trinajstić information content (AvgIpc) is 2.61. The number of anilines is 2. The number of hydrogen-bond donors (Lipinski definition) is 3. The fraction of sp³-hybridized carbons (Fsp3) is 0.167. The van der Waals surface area contributed by atoms with Gasteiger partial charge in [-0.25, -0.2) is 0 Å². The molecule has 2 aromatic carbocycles. The molecule has 4 N–H and O–H groups in total. The van der Waals surface area contributed by atoms with Crippen LogP contribution in [0.3, 0.4) is 0 Å². The normalized spacial score (nSPS) is 11.2. The van der Waals surface area contributed by atoms with Gasteiger partial charge >= 0.3 is 0 Å². The van der Waals surface area contributed by atoms with Crippen LogP contribution in [0.25, 0.3) is 0 Å².